The summed E-state index contributed by atoms with van der Waals surface area (Å²) in [6, 6.07) is 0. The van der Waals surface area contributed by atoms with E-state index < -0.39 is 0 Å². The van der Waals surface area contributed by atoms with E-state index in [4.69, 9.17) is 10.5 Å². The van der Waals surface area contributed by atoms with E-state index in [9.17, 15) is 4.79 Å². The van der Waals surface area contributed by atoms with Crippen LogP contribution in [0.5, 0.6) is 0 Å². The lowest BCUT2D eigenvalue weighted by molar-refractivity contribution is 0.0792. The standard InChI is InChI=1S/C17H21N7O2/c18-16-19-9-12(10-20-16)14-13(15(25)23-3-1-2-4-23)11-21-17(22-14)24-5-7-26-8-6-24/h9-11H,1-8H2,(H2,18,19,20). The van der Waals surface area contributed by atoms with E-state index in [0.29, 0.717) is 36.0 Å². The SMILES string of the molecule is Nc1ncc(-c2nc(N3CCOCC3)ncc2C(=O)N2CCCC2)cn1. The molecule has 1 amide bonds. The molecule has 0 aromatic carbocycles. The largest absolute Gasteiger partial charge is 0.378 e. The summed E-state index contributed by atoms with van der Waals surface area (Å²) in [4.78, 5) is 34.0. The average molecular weight is 355 g/mol. The van der Waals surface area contributed by atoms with Crippen molar-refractivity contribution in [2.45, 2.75) is 12.8 Å². The molecule has 4 rings (SSSR count). The highest BCUT2D eigenvalue weighted by Gasteiger charge is 2.25. The van der Waals surface area contributed by atoms with Crippen LogP contribution in [0, 0.1) is 0 Å². The van der Waals surface area contributed by atoms with Crippen LogP contribution in [0.3, 0.4) is 0 Å². The Hall–Kier alpha value is -2.81. The van der Waals surface area contributed by atoms with E-state index in [1.54, 1.807) is 18.6 Å². The van der Waals surface area contributed by atoms with Crippen molar-refractivity contribution >= 4 is 17.8 Å². The molecule has 2 aromatic heterocycles. The molecule has 9 nitrogen and oxygen atoms in total. The number of likely N-dealkylation sites (tertiary alicyclic amines) is 1. The first-order valence-electron chi connectivity index (χ1n) is 8.79. The fourth-order valence-electron chi connectivity index (χ4n) is 3.22. The number of ether oxygens (including phenoxy) is 1. The van der Waals surface area contributed by atoms with Gasteiger partial charge in [-0.3, -0.25) is 4.79 Å². The molecule has 0 unspecified atom stereocenters. The number of anilines is 2. The molecule has 0 aliphatic carbocycles. The van der Waals surface area contributed by atoms with Crippen LogP contribution in [-0.4, -0.2) is 70.1 Å². The summed E-state index contributed by atoms with van der Waals surface area (Å²) in [5, 5.41) is 0. The van der Waals surface area contributed by atoms with Crippen molar-refractivity contribution in [2.24, 2.45) is 0 Å². The van der Waals surface area contributed by atoms with Crippen LogP contribution in [-0.2, 0) is 4.74 Å². The number of rotatable bonds is 3. The van der Waals surface area contributed by atoms with Crippen LogP contribution in [0.25, 0.3) is 11.3 Å². The Labute approximate surface area is 151 Å². The van der Waals surface area contributed by atoms with Gasteiger partial charge in [0.05, 0.1) is 24.5 Å². The number of nitrogens with two attached hydrogens (primary N) is 1. The molecule has 0 spiro atoms. The number of morpholine rings is 1. The summed E-state index contributed by atoms with van der Waals surface area (Å²) in [7, 11) is 0. The fraction of sp³-hybridized carbons (Fsp3) is 0.471. The topological polar surface area (TPSA) is 110 Å². The molecular weight excluding hydrogens is 334 g/mol. The first kappa shape index (κ1) is 16.6. The number of aromatic nitrogens is 4. The Morgan fingerprint density at radius 1 is 1.00 bits per heavy atom. The van der Waals surface area contributed by atoms with Crippen molar-refractivity contribution < 1.29 is 9.53 Å². The van der Waals surface area contributed by atoms with Gasteiger partial charge in [0.25, 0.3) is 5.91 Å². The van der Waals surface area contributed by atoms with Crippen LogP contribution < -0.4 is 10.6 Å². The molecule has 2 fully saturated rings. The predicted molar refractivity (Wildman–Crippen MR) is 95.6 cm³/mol. The third-order valence-electron chi connectivity index (χ3n) is 4.64. The van der Waals surface area contributed by atoms with E-state index in [2.05, 4.69) is 24.8 Å². The van der Waals surface area contributed by atoms with Gasteiger partial charge in [0, 0.05) is 50.3 Å². The maximum Gasteiger partial charge on any atom is 0.257 e. The Morgan fingerprint density at radius 2 is 1.69 bits per heavy atom. The normalized spacial score (nSPS) is 17.5. The van der Waals surface area contributed by atoms with Gasteiger partial charge in [-0.1, -0.05) is 0 Å². The van der Waals surface area contributed by atoms with Gasteiger partial charge < -0.3 is 20.3 Å². The number of nitrogen functional groups attached to an aromatic ring is 1. The molecule has 0 bridgehead atoms. The predicted octanol–water partition coefficient (Wildman–Crippen LogP) is 0.588. The maximum atomic E-state index is 12.9. The summed E-state index contributed by atoms with van der Waals surface area (Å²) < 4.78 is 5.39. The van der Waals surface area contributed by atoms with E-state index in [-0.39, 0.29) is 11.9 Å². The van der Waals surface area contributed by atoms with Gasteiger partial charge in [0.15, 0.2) is 0 Å². The minimum Gasteiger partial charge on any atom is -0.378 e. The van der Waals surface area contributed by atoms with Crippen molar-refractivity contribution in [2.75, 3.05) is 50.0 Å². The molecule has 2 N–H and O–H groups in total. The summed E-state index contributed by atoms with van der Waals surface area (Å²) in [6.45, 7) is 4.24. The third-order valence-corrected chi connectivity index (χ3v) is 4.64. The summed E-state index contributed by atoms with van der Waals surface area (Å²) in [5.41, 5.74) is 7.26. The highest BCUT2D eigenvalue weighted by atomic mass is 16.5. The molecule has 0 saturated carbocycles. The molecule has 4 heterocycles. The fourth-order valence-corrected chi connectivity index (χ4v) is 3.22. The Kier molecular flexibility index (Phi) is 4.61. The number of carbonyl (C=O) groups excluding carboxylic acids is 1. The maximum absolute atomic E-state index is 12.9. The second-order valence-electron chi connectivity index (χ2n) is 6.36. The zero-order valence-electron chi connectivity index (χ0n) is 14.5. The summed E-state index contributed by atoms with van der Waals surface area (Å²) in [5.74, 6) is 0.713. The average Bonchev–Trinajstić information content (AvgIpc) is 3.23. The molecule has 2 aromatic rings. The van der Waals surface area contributed by atoms with E-state index in [1.807, 2.05) is 4.90 Å². The molecular formula is C17H21N7O2. The van der Waals surface area contributed by atoms with Gasteiger partial charge in [-0.15, -0.1) is 0 Å². The smallest absolute Gasteiger partial charge is 0.257 e. The van der Waals surface area contributed by atoms with Gasteiger partial charge >= 0.3 is 0 Å². The lowest BCUT2D eigenvalue weighted by Gasteiger charge is -2.27. The minimum atomic E-state index is -0.0529. The minimum absolute atomic E-state index is 0.0529. The van der Waals surface area contributed by atoms with E-state index in [0.717, 1.165) is 39.0 Å². The Balaban J connectivity index is 1.74. The van der Waals surface area contributed by atoms with E-state index >= 15 is 0 Å². The molecule has 136 valence electrons. The zero-order valence-corrected chi connectivity index (χ0v) is 14.5. The molecule has 26 heavy (non-hydrogen) atoms. The number of amides is 1. The second kappa shape index (κ2) is 7.20. The first-order valence-corrected chi connectivity index (χ1v) is 8.79. The van der Waals surface area contributed by atoms with Crippen LogP contribution in [0.4, 0.5) is 11.9 Å². The number of carbonyl (C=O) groups is 1. The Morgan fingerprint density at radius 3 is 2.38 bits per heavy atom. The van der Waals surface area contributed by atoms with Gasteiger partial charge in [-0.25, -0.2) is 19.9 Å². The number of nitrogens with zero attached hydrogens (tertiary/aromatic N) is 6. The molecule has 9 heteroatoms. The van der Waals surface area contributed by atoms with Crippen molar-refractivity contribution in [3.05, 3.63) is 24.2 Å². The highest BCUT2D eigenvalue weighted by molar-refractivity contribution is 5.99. The lowest BCUT2D eigenvalue weighted by Crippen LogP contribution is -2.37. The number of hydrogen-bond acceptors (Lipinski definition) is 8. The van der Waals surface area contributed by atoms with Crippen molar-refractivity contribution in [1.29, 1.82) is 0 Å². The third kappa shape index (κ3) is 3.30. The molecule has 2 aliphatic heterocycles. The molecule has 0 atom stereocenters. The van der Waals surface area contributed by atoms with E-state index in [1.165, 1.54) is 0 Å². The van der Waals surface area contributed by atoms with Crippen LogP contribution in [0.1, 0.15) is 23.2 Å². The molecule has 0 radical (unpaired) electrons. The summed E-state index contributed by atoms with van der Waals surface area (Å²) in [6.07, 6.45) is 6.85. The van der Waals surface area contributed by atoms with Crippen molar-refractivity contribution in [3.8, 4) is 11.3 Å². The van der Waals surface area contributed by atoms with Crippen LogP contribution >= 0.6 is 0 Å². The van der Waals surface area contributed by atoms with Crippen LogP contribution in [0.15, 0.2) is 18.6 Å². The Bertz CT molecular complexity index is 784. The van der Waals surface area contributed by atoms with Crippen LogP contribution in [0.2, 0.25) is 0 Å². The zero-order chi connectivity index (χ0) is 17.9. The van der Waals surface area contributed by atoms with Crippen molar-refractivity contribution in [3.63, 3.8) is 0 Å². The monoisotopic (exact) mass is 355 g/mol. The molecule has 2 saturated heterocycles. The molecule has 2 aliphatic rings. The first-order chi connectivity index (χ1) is 12.7. The quantitative estimate of drug-likeness (QED) is 0.852. The summed E-state index contributed by atoms with van der Waals surface area (Å²) >= 11 is 0. The van der Waals surface area contributed by atoms with Gasteiger partial charge in [0.2, 0.25) is 11.9 Å². The van der Waals surface area contributed by atoms with Crippen molar-refractivity contribution in [1.82, 2.24) is 24.8 Å². The highest BCUT2D eigenvalue weighted by Crippen LogP contribution is 2.25. The number of hydrogen-bond donors (Lipinski definition) is 1. The van der Waals surface area contributed by atoms with Gasteiger partial charge in [-0.05, 0) is 12.8 Å². The van der Waals surface area contributed by atoms with Gasteiger partial charge in [-0.2, -0.15) is 0 Å². The van der Waals surface area contributed by atoms with Gasteiger partial charge in [0.1, 0.15) is 0 Å². The second-order valence-corrected chi connectivity index (χ2v) is 6.36. The lowest BCUT2D eigenvalue weighted by atomic mass is 10.1.